The zero-order chi connectivity index (χ0) is 16.2. The van der Waals surface area contributed by atoms with Crippen LogP contribution < -0.4 is 5.73 Å². The third-order valence-electron chi connectivity index (χ3n) is 6.30. The van der Waals surface area contributed by atoms with E-state index in [0.717, 1.165) is 44.7 Å². The molecule has 0 aromatic rings. The molecule has 2 atom stereocenters. The molecule has 2 aliphatic carbocycles. The van der Waals surface area contributed by atoms with E-state index in [0.29, 0.717) is 30.5 Å². The van der Waals surface area contributed by atoms with Gasteiger partial charge in [-0.3, -0.25) is 4.79 Å². The number of nitrogens with two attached hydrogens (primary N) is 1. The molecular weight excluding hydrogens is 324 g/mol. The van der Waals surface area contributed by atoms with E-state index >= 15 is 0 Å². The summed E-state index contributed by atoms with van der Waals surface area (Å²) in [6, 6.07) is 0.244. The van der Waals surface area contributed by atoms with Gasteiger partial charge in [0, 0.05) is 25.6 Å². The fourth-order valence-electron chi connectivity index (χ4n) is 4.55. The van der Waals surface area contributed by atoms with Crippen LogP contribution in [0.25, 0.3) is 0 Å². The molecule has 0 unspecified atom stereocenters. The van der Waals surface area contributed by atoms with E-state index in [9.17, 15) is 4.79 Å². The minimum atomic E-state index is 0. The molecule has 0 aromatic carbocycles. The van der Waals surface area contributed by atoms with Gasteiger partial charge in [0.25, 0.3) is 0 Å². The van der Waals surface area contributed by atoms with Gasteiger partial charge < -0.3 is 15.4 Å². The summed E-state index contributed by atoms with van der Waals surface area (Å²) in [4.78, 5) is 14.5. The third kappa shape index (κ3) is 5.34. The van der Waals surface area contributed by atoms with Crippen molar-refractivity contribution >= 4 is 18.3 Å². The van der Waals surface area contributed by atoms with Crippen LogP contribution in [0.3, 0.4) is 0 Å². The summed E-state index contributed by atoms with van der Waals surface area (Å²) in [5.41, 5.74) is 6.10. The molecule has 0 radical (unpaired) electrons. The number of ether oxygens (including phenoxy) is 1. The van der Waals surface area contributed by atoms with Gasteiger partial charge in [0.2, 0.25) is 5.91 Å². The molecular formula is C19H35ClN2O2. The van der Waals surface area contributed by atoms with Crippen LogP contribution in [0.4, 0.5) is 0 Å². The van der Waals surface area contributed by atoms with Crippen LogP contribution in [-0.4, -0.2) is 42.1 Å². The molecule has 1 amide bonds. The predicted octanol–water partition coefficient (Wildman–Crippen LogP) is 3.51. The Balaban J connectivity index is 0.00000208. The Bertz CT molecular complexity index is 391. The summed E-state index contributed by atoms with van der Waals surface area (Å²) < 4.78 is 6.30. The standard InChI is InChI=1S/C19H34N2O2.ClH/c1-14-5-7-16(8-6-14)23-17-9-11-21(12-10-17)19(22)13-15-3-2-4-18(15)20;/h14-18H,2-13,20H2,1H3;1H/t14?,15-,16?,18+;/m0./s1. The highest BCUT2D eigenvalue weighted by Crippen LogP contribution is 2.30. The predicted molar refractivity (Wildman–Crippen MR) is 99.3 cm³/mol. The number of hydrogen-bond acceptors (Lipinski definition) is 3. The van der Waals surface area contributed by atoms with Crippen molar-refractivity contribution < 1.29 is 9.53 Å². The van der Waals surface area contributed by atoms with Crippen molar-refractivity contribution in [2.24, 2.45) is 17.6 Å². The molecule has 2 N–H and O–H groups in total. The van der Waals surface area contributed by atoms with Gasteiger partial charge in [-0.2, -0.15) is 0 Å². The molecule has 0 spiro atoms. The summed E-state index contributed by atoms with van der Waals surface area (Å²) in [5.74, 6) is 1.61. The lowest BCUT2D eigenvalue weighted by molar-refractivity contribution is -0.136. The van der Waals surface area contributed by atoms with E-state index in [1.807, 2.05) is 4.90 Å². The zero-order valence-corrected chi connectivity index (χ0v) is 15.9. The highest BCUT2D eigenvalue weighted by atomic mass is 35.5. The van der Waals surface area contributed by atoms with Crippen LogP contribution in [0.15, 0.2) is 0 Å². The summed E-state index contributed by atoms with van der Waals surface area (Å²) in [6.45, 7) is 4.08. The van der Waals surface area contributed by atoms with Crippen LogP contribution in [0.5, 0.6) is 0 Å². The first-order valence-corrected chi connectivity index (χ1v) is 9.80. The molecule has 3 fully saturated rings. The van der Waals surface area contributed by atoms with Gasteiger partial charge in [-0.15, -0.1) is 12.4 Å². The first-order valence-electron chi connectivity index (χ1n) is 9.80. The Hall–Kier alpha value is -0.320. The van der Waals surface area contributed by atoms with Crippen molar-refractivity contribution in [1.29, 1.82) is 0 Å². The van der Waals surface area contributed by atoms with E-state index in [4.69, 9.17) is 10.5 Å². The summed E-state index contributed by atoms with van der Waals surface area (Å²) in [7, 11) is 0. The first kappa shape index (κ1) is 20.0. The highest BCUT2D eigenvalue weighted by molar-refractivity contribution is 5.85. The van der Waals surface area contributed by atoms with Gasteiger partial charge in [0.05, 0.1) is 12.2 Å². The smallest absolute Gasteiger partial charge is 0.222 e. The number of likely N-dealkylation sites (tertiary alicyclic amines) is 1. The average Bonchev–Trinajstić information content (AvgIpc) is 2.95. The Kier molecular flexibility index (Phi) is 7.83. The van der Waals surface area contributed by atoms with Crippen LogP contribution in [0.2, 0.25) is 0 Å². The molecule has 1 aliphatic heterocycles. The summed E-state index contributed by atoms with van der Waals surface area (Å²) >= 11 is 0. The fourth-order valence-corrected chi connectivity index (χ4v) is 4.55. The maximum absolute atomic E-state index is 12.5. The second kappa shape index (κ2) is 9.40. The molecule has 1 heterocycles. The quantitative estimate of drug-likeness (QED) is 0.836. The maximum Gasteiger partial charge on any atom is 0.222 e. The van der Waals surface area contributed by atoms with Gasteiger partial charge in [0.1, 0.15) is 0 Å². The topological polar surface area (TPSA) is 55.6 Å². The highest BCUT2D eigenvalue weighted by Gasteiger charge is 2.31. The van der Waals surface area contributed by atoms with Crippen LogP contribution in [0.1, 0.15) is 71.1 Å². The molecule has 1 saturated heterocycles. The van der Waals surface area contributed by atoms with E-state index in [2.05, 4.69) is 6.92 Å². The van der Waals surface area contributed by atoms with Crippen LogP contribution in [0, 0.1) is 11.8 Å². The van der Waals surface area contributed by atoms with Crippen molar-refractivity contribution in [3.63, 3.8) is 0 Å². The third-order valence-corrected chi connectivity index (χ3v) is 6.30. The number of carbonyl (C=O) groups is 1. The van der Waals surface area contributed by atoms with Gasteiger partial charge in [0.15, 0.2) is 0 Å². The zero-order valence-electron chi connectivity index (χ0n) is 15.1. The molecule has 24 heavy (non-hydrogen) atoms. The lowest BCUT2D eigenvalue weighted by Gasteiger charge is -2.36. The lowest BCUT2D eigenvalue weighted by Crippen LogP contribution is -2.43. The molecule has 140 valence electrons. The Morgan fingerprint density at radius 2 is 1.62 bits per heavy atom. The lowest BCUT2D eigenvalue weighted by atomic mass is 9.88. The average molecular weight is 359 g/mol. The van der Waals surface area contributed by atoms with E-state index in [-0.39, 0.29) is 18.4 Å². The van der Waals surface area contributed by atoms with Crippen molar-refractivity contribution in [2.45, 2.75) is 89.4 Å². The van der Waals surface area contributed by atoms with E-state index in [1.54, 1.807) is 0 Å². The van der Waals surface area contributed by atoms with Gasteiger partial charge in [-0.25, -0.2) is 0 Å². The monoisotopic (exact) mass is 358 g/mol. The molecule has 0 bridgehead atoms. The van der Waals surface area contributed by atoms with Gasteiger partial charge in [-0.1, -0.05) is 13.3 Å². The Morgan fingerprint density at radius 1 is 1.00 bits per heavy atom. The molecule has 0 aromatic heterocycles. The van der Waals surface area contributed by atoms with E-state index in [1.165, 1.54) is 32.1 Å². The van der Waals surface area contributed by atoms with Crippen molar-refractivity contribution in [3.8, 4) is 0 Å². The minimum absolute atomic E-state index is 0. The van der Waals surface area contributed by atoms with Crippen molar-refractivity contribution in [3.05, 3.63) is 0 Å². The Morgan fingerprint density at radius 3 is 2.21 bits per heavy atom. The molecule has 4 nitrogen and oxygen atoms in total. The summed E-state index contributed by atoms with van der Waals surface area (Å²) in [6.07, 6.45) is 12.0. The van der Waals surface area contributed by atoms with E-state index < -0.39 is 0 Å². The molecule has 3 aliphatic rings. The number of hydrogen-bond donors (Lipinski definition) is 1. The first-order chi connectivity index (χ1) is 11.1. The van der Waals surface area contributed by atoms with Gasteiger partial charge in [-0.05, 0) is 63.2 Å². The normalized spacial score (nSPS) is 34.8. The van der Waals surface area contributed by atoms with Crippen molar-refractivity contribution in [2.75, 3.05) is 13.1 Å². The van der Waals surface area contributed by atoms with Gasteiger partial charge >= 0.3 is 0 Å². The largest absolute Gasteiger partial charge is 0.375 e. The number of piperidine rings is 1. The number of amides is 1. The molecule has 5 heteroatoms. The number of rotatable bonds is 4. The van der Waals surface area contributed by atoms with Crippen LogP contribution in [-0.2, 0) is 9.53 Å². The number of carbonyl (C=O) groups excluding carboxylic acids is 1. The molecule has 2 saturated carbocycles. The summed E-state index contributed by atoms with van der Waals surface area (Å²) in [5, 5.41) is 0. The number of halogens is 1. The van der Waals surface area contributed by atoms with Crippen LogP contribution >= 0.6 is 12.4 Å². The second-order valence-electron chi connectivity index (χ2n) is 8.16. The Labute approximate surface area is 153 Å². The maximum atomic E-state index is 12.5. The minimum Gasteiger partial charge on any atom is -0.375 e. The fraction of sp³-hybridized carbons (Fsp3) is 0.947. The molecule has 3 rings (SSSR count). The number of nitrogens with zero attached hydrogens (tertiary/aromatic N) is 1. The van der Waals surface area contributed by atoms with Crippen molar-refractivity contribution in [1.82, 2.24) is 4.90 Å². The second-order valence-corrected chi connectivity index (χ2v) is 8.16. The SMILES string of the molecule is CC1CCC(OC2CCN(C(=O)C[C@@H]3CCC[C@H]3N)CC2)CC1.Cl.